The van der Waals surface area contributed by atoms with Crippen LogP contribution in [0.15, 0.2) is 29.2 Å². The summed E-state index contributed by atoms with van der Waals surface area (Å²) in [6.45, 7) is 1.24. The van der Waals surface area contributed by atoms with Gasteiger partial charge in [0.2, 0.25) is 10.0 Å². The number of hydrogen-bond acceptors (Lipinski definition) is 4. The number of alkyl halides is 3. The second-order valence-electron chi connectivity index (χ2n) is 4.03. The Hall–Kier alpha value is -1.32. The molecule has 0 saturated carbocycles. The Kier molecular flexibility index (Phi) is 5.37. The quantitative estimate of drug-likeness (QED) is 0.837. The van der Waals surface area contributed by atoms with Crippen molar-refractivity contribution in [1.29, 1.82) is 0 Å². The summed E-state index contributed by atoms with van der Waals surface area (Å²) in [7, 11) is -4.17. The minimum Gasteiger partial charge on any atom is -0.404 e. The first-order valence-electron chi connectivity index (χ1n) is 5.63. The molecule has 1 aromatic rings. The molecule has 0 heterocycles. The van der Waals surface area contributed by atoms with E-state index in [-0.39, 0.29) is 13.0 Å². The number of aliphatic hydroxyl groups excluding tert-OH is 1. The first-order valence-corrected chi connectivity index (χ1v) is 7.12. The smallest absolute Gasteiger partial charge is 0.404 e. The summed E-state index contributed by atoms with van der Waals surface area (Å²) in [4.78, 5) is -0.609. The lowest BCUT2D eigenvalue weighted by Gasteiger charge is -2.16. The zero-order chi connectivity index (χ0) is 15.4. The Bertz CT molecular complexity index is 545. The molecule has 0 aliphatic heterocycles. The van der Waals surface area contributed by atoms with Gasteiger partial charge >= 0.3 is 6.36 Å². The van der Waals surface area contributed by atoms with E-state index in [1.54, 1.807) is 0 Å². The van der Waals surface area contributed by atoms with Crippen molar-refractivity contribution < 1.29 is 31.4 Å². The first-order chi connectivity index (χ1) is 9.15. The average Bonchev–Trinajstić information content (AvgIpc) is 2.26. The van der Waals surface area contributed by atoms with Gasteiger partial charge in [0.05, 0.1) is 0 Å². The fourth-order valence-corrected chi connectivity index (χ4v) is 2.87. The minimum atomic E-state index is -4.98. The number of sulfonamides is 1. The molecular formula is C11H14F3NO4S. The van der Waals surface area contributed by atoms with E-state index in [1.165, 1.54) is 19.1 Å². The summed E-state index contributed by atoms with van der Waals surface area (Å²) >= 11 is 0. The van der Waals surface area contributed by atoms with Gasteiger partial charge in [-0.05, 0) is 25.5 Å². The Morgan fingerprint density at radius 3 is 2.50 bits per heavy atom. The molecule has 0 aromatic heterocycles. The van der Waals surface area contributed by atoms with E-state index in [4.69, 9.17) is 5.11 Å². The molecule has 0 radical (unpaired) electrons. The second kappa shape index (κ2) is 6.42. The maximum absolute atomic E-state index is 12.2. The SMILES string of the molecule is CC(CCO)NS(=O)(=O)c1ccccc1OC(F)(F)F. The summed E-state index contributed by atoms with van der Waals surface area (Å²) in [6, 6.07) is 3.82. The molecule has 1 unspecified atom stereocenters. The molecule has 1 aromatic carbocycles. The second-order valence-corrected chi connectivity index (χ2v) is 5.71. The van der Waals surface area contributed by atoms with Crippen molar-refractivity contribution in [2.75, 3.05) is 6.61 Å². The third kappa shape index (κ3) is 4.99. The third-order valence-electron chi connectivity index (χ3n) is 2.28. The van der Waals surface area contributed by atoms with Gasteiger partial charge in [-0.1, -0.05) is 12.1 Å². The molecule has 0 spiro atoms. The van der Waals surface area contributed by atoms with Crippen molar-refractivity contribution >= 4 is 10.0 Å². The maximum atomic E-state index is 12.2. The molecule has 20 heavy (non-hydrogen) atoms. The molecule has 0 aliphatic carbocycles. The predicted molar refractivity (Wildman–Crippen MR) is 64.6 cm³/mol. The summed E-state index contributed by atoms with van der Waals surface area (Å²) in [6.07, 6.45) is -4.84. The molecule has 0 aliphatic rings. The van der Waals surface area contributed by atoms with Crippen molar-refractivity contribution in [3.8, 4) is 5.75 Å². The molecular weight excluding hydrogens is 299 g/mol. The number of ether oxygens (including phenoxy) is 1. The Labute approximate surface area is 114 Å². The summed E-state index contributed by atoms with van der Waals surface area (Å²) in [5.74, 6) is -0.802. The highest BCUT2D eigenvalue weighted by Crippen LogP contribution is 2.29. The molecule has 2 N–H and O–H groups in total. The predicted octanol–water partition coefficient (Wildman–Crippen LogP) is 1.63. The summed E-state index contributed by atoms with van der Waals surface area (Å²) < 4.78 is 66.5. The fraction of sp³-hybridized carbons (Fsp3) is 0.455. The molecule has 114 valence electrons. The van der Waals surface area contributed by atoms with Gasteiger partial charge in [0.25, 0.3) is 0 Å². The highest BCUT2D eigenvalue weighted by atomic mass is 32.2. The minimum absolute atomic E-state index is 0.140. The van der Waals surface area contributed by atoms with E-state index in [2.05, 4.69) is 9.46 Å². The van der Waals surface area contributed by atoms with Crippen molar-refractivity contribution in [2.45, 2.75) is 30.6 Å². The molecule has 0 fully saturated rings. The molecule has 9 heteroatoms. The van der Waals surface area contributed by atoms with Crippen molar-refractivity contribution in [2.24, 2.45) is 0 Å². The van der Waals surface area contributed by atoms with Gasteiger partial charge in [-0.2, -0.15) is 0 Å². The van der Waals surface area contributed by atoms with Crippen LogP contribution >= 0.6 is 0 Å². The summed E-state index contributed by atoms with van der Waals surface area (Å²) in [5.41, 5.74) is 0. The fourth-order valence-electron chi connectivity index (χ4n) is 1.46. The molecule has 0 saturated heterocycles. The molecule has 0 amide bonds. The van der Waals surface area contributed by atoms with E-state index in [1.807, 2.05) is 0 Å². The lowest BCUT2D eigenvalue weighted by atomic mass is 10.3. The van der Waals surface area contributed by atoms with Crippen LogP contribution in [0.2, 0.25) is 0 Å². The highest BCUT2D eigenvalue weighted by molar-refractivity contribution is 7.89. The number of rotatable bonds is 6. The number of aliphatic hydroxyl groups is 1. The molecule has 5 nitrogen and oxygen atoms in total. The van der Waals surface area contributed by atoms with Gasteiger partial charge in [0.15, 0.2) is 0 Å². The van der Waals surface area contributed by atoms with E-state index < -0.39 is 33.1 Å². The third-order valence-corrected chi connectivity index (χ3v) is 3.91. The summed E-state index contributed by atoms with van der Waals surface area (Å²) in [5, 5.41) is 8.70. The van der Waals surface area contributed by atoms with Crippen molar-refractivity contribution in [3.63, 3.8) is 0 Å². The number of nitrogens with one attached hydrogen (secondary N) is 1. The largest absolute Gasteiger partial charge is 0.573 e. The van der Waals surface area contributed by atoms with E-state index >= 15 is 0 Å². The first kappa shape index (κ1) is 16.7. The van der Waals surface area contributed by atoms with Gasteiger partial charge in [0, 0.05) is 12.6 Å². The standard InChI is InChI=1S/C11H14F3NO4S/c1-8(6-7-16)15-20(17,18)10-5-3-2-4-9(10)19-11(12,13)14/h2-5,8,15-16H,6-7H2,1H3. The number of benzene rings is 1. The van der Waals surface area contributed by atoms with Gasteiger partial charge in [-0.15, -0.1) is 13.2 Å². The van der Waals surface area contributed by atoms with E-state index in [9.17, 15) is 21.6 Å². The van der Waals surface area contributed by atoms with Crippen LogP contribution in [-0.4, -0.2) is 32.5 Å². The van der Waals surface area contributed by atoms with Gasteiger partial charge in [-0.25, -0.2) is 13.1 Å². The topological polar surface area (TPSA) is 75.6 Å². The van der Waals surface area contributed by atoms with Crippen LogP contribution in [0.25, 0.3) is 0 Å². The van der Waals surface area contributed by atoms with Gasteiger partial charge < -0.3 is 9.84 Å². The van der Waals surface area contributed by atoms with E-state index in [0.29, 0.717) is 0 Å². The monoisotopic (exact) mass is 313 g/mol. The average molecular weight is 313 g/mol. The Morgan fingerprint density at radius 2 is 1.95 bits per heavy atom. The highest BCUT2D eigenvalue weighted by Gasteiger charge is 2.34. The Balaban J connectivity index is 3.06. The van der Waals surface area contributed by atoms with Crippen LogP contribution < -0.4 is 9.46 Å². The van der Waals surface area contributed by atoms with Gasteiger partial charge in [-0.3, -0.25) is 0 Å². The van der Waals surface area contributed by atoms with E-state index in [0.717, 1.165) is 12.1 Å². The molecule has 1 atom stereocenters. The lowest BCUT2D eigenvalue weighted by Crippen LogP contribution is -2.33. The van der Waals surface area contributed by atoms with Crippen LogP contribution in [0.5, 0.6) is 5.75 Å². The van der Waals surface area contributed by atoms with Crippen LogP contribution in [0.3, 0.4) is 0 Å². The van der Waals surface area contributed by atoms with Crippen LogP contribution in [0, 0.1) is 0 Å². The van der Waals surface area contributed by atoms with Crippen molar-refractivity contribution in [1.82, 2.24) is 4.72 Å². The zero-order valence-corrected chi connectivity index (χ0v) is 11.3. The lowest BCUT2D eigenvalue weighted by molar-refractivity contribution is -0.275. The number of halogens is 3. The maximum Gasteiger partial charge on any atom is 0.573 e. The number of hydrogen-bond donors (Lipinski definition) is 2. The number of para-hydroxylation sites is 1. The molecule has 0 bridgehead atoms. The van der Waals surface area contributed by atoms with Crippen LogP contribution in [-0.2, 0) is 10.0 Å². The van der Waals surface area contributed by atoms with Gasteiger partial charge in [0.1, 0.15) is 10.6 Å². The van der Waals surface area contributed by atoms with Crippen LogP contribution in [0.4, 0.5) is 13.2 Å². The Morgan fingerprint density at radius 1 is 1.35 bits per heavy atom. The zero-order valence-electron chi connectivity index (χ0n) is 10.5. The normalized spacial score (nSPS) is 14.1. The van der Waals surface area contributed by atoms with Crippen molar-refractivity contribution in [3.05, 3.63) is 24.3 Å². The molecule has 1 rings (SSSR count). The van der Waals surface area contributed by atoms with Crippen LogP contribution in [0.1, 0.15) is 13.3 Å².